The molecule has 4 amide bonds. The molecule has 4 aromatic carbocycles. The molecule has 0 N–H and O–H groups in total. The van der Waals surface area contributed by atoms with Crippen LogP contribution < -0.4 is 19.3 Å². The summed E-state index contributed by atoms with van der Waals surface area (Å²) in [6.07, 6.45) is 3.08. The van der Waals surface area contributed by atoms with Crippen LogP contribution in [0.3, 0.4) is 0 Å². The molecule has 0 fully saturated rings. The Bertz CT molecular complexity index is 1810. The molecule has 4 aromatic rings. The molecule has 2 aliphatic rings. The molecule has 0 atom stereocenters. The largest absolute Gasteiger partial charge is 0.388 e. The van der Waals surface area contributed by atoms with Gasteiger partial charge in [0.05, 0.1) is 33.6 Å². The van der Waals surface area contributed by atoms with E-state index in [1.54, 1.807) is 0 Å². The second-order valence-corrected chi connectivity index (χ2v) is 9.12. The van der Waals surface area contributed by atoms with E-state index in [-0.39, 0.29) is 56.3 Å². The Balaban J connectivity index is 1.27. The van der Waals surface area contributed by atoms with Gasteiger partial charge in [0, 0.05) is 11.1 Å². The van der Waals surface area contributed by atoms with E-state index in [9.17, 15) is 24.0 Å². The van der Waals surface area contributed by atoms with Gasteiger partial charge >= 0.3 is 0 Å². The third kappa shape index (κ3) is 4.02. The molecular formula is C31H14N4O7. The van der Waals surface area contributed by atoms with Crippen molar-refractivity contribution >= 4 is 40.8 Å². The van der Waals surface area contributed by atoms with Crippen LogP contribution in [0.15, 0.2) is 84.9 Å². The van der Waals surface area contributed by atoms with Gasteiger partial charge in [-0.3, -0.25) is 24.0 Å². The molecule has 11 heteroatoms. The van der Waals surface area contributed by atoms with Gasteiger partial charge in [0.2, 0.25) is 0 Å². The molecule has 0 aliphatic carbocycles. The Morgan fingerprint density at radius 3 is 1.24 bits per heavy atom. The second-order valence-electron chi connectivity index (χ2n) is 9.12. The highest BCUT2D eigenvalue weighted by molar-refractivity contribution is 6.36. The van der Waals surface area contributed by atoms with Crippen molar-refractivity contribution in [1.29, 1.82) is 10.5 Å². The summed E-state index contributed by atoms with van der Waals surface area (Å²) in [5.74, 6) is -2.44. The fourth-order valence-electron chi connectivity index (χ4n) is 4.83. The topological polar surface area (TPSA) is 158 Å². The van der Waals surface area contributed by atoms with Gasteiger partial charge in [0.25, 0.3) is 36.1 Å². The summed E-state index contributed by atoms with van der Waals surface area (Å²) >= 11 is 0. The minimum Gasteiger partial charge on any atom is -0.388 e. The average Bonchev–Trinajstić information content (AvgIpc) is 3.41. The van der Waals surface area contributed by atoms with Gasteiger partial charge in [-0.15, -0.1) is 10.5 Å². The summed E-state index contributed by atoms with van der Waals surface area (Å²) in [6, 6.07) is 19.8. The lowest BCUT2D eigenvalue weighted by molar-refractivity contribution is 0.0910. The van der Waals surface area contributed by atoms with Crippen LogP contribution in [0.25, 0.3) is 0 Å². The summed E-state index contributed by atoms with van der Waals surface area (Å²) in [7, 11) is 0. The molecule has 6 rings (SSSR count). The smallest absolute Gasteiger partial charge is 0.292 e. The average molecular weight is 554 g/mol. The maximum absolute atomic E-state index is 13.4. The van der Waals surface area contributed by atoms with Crippen LogP contribution in [-0.4, -0.2) is 29.4 Å². The number of imide groups is 2. The molecule has 0 radical (unpaired) electrons. The first-order valence-electron chi connectivity index (χ1n) is 12.2. The number of hydrogen-bond donors (Lipinski definition) is 0. The minimum absolute atomic E-state index is 0.0330. The van der Waals surface area contributed by atoms with E-state index >= 15 is 0 Å². The molecule has 0 saturated carbocycles. The van der Waals surface area contributed by atoms with E-state index < -0.39 is 29.4 Å². The molecule has 0 unspecified atom stereocenters. The maximum Gasteiger partial charge on any atom is 0.292 e. The van der Waals surface area contributed by atoms with Gasteiger partial charge in [0.15, 0.2) is 5.78 Å². The van der Waals surface area contributed by atoms with Crippen LogP contribution in [0.4, 0.5) is 11.4 Å². The molecule has 42 heavy (non-hydrogen) atoms. The number of nitrogens with zero attached hydrogens (tertiary/aromatic N) is 4. The van der Waals surface area contributed by atoms with E-state index in [0.29, 0.717) is 0 Å². The first-order chi connectivity index (χ1) is 20.3. The number of nitriles is 2. The van der Waals surface area contributed by atoms with Crippen LogP contribution >= 0.6 is 0 Å². The molecule has 0 bridgehead atoms. The zero-order valence-corrected chi connectivity index (χ0v) is 21.2. The quantitative estimate of drug-likeness (QED) is 0.193. The highest BCUT2D eigenvalue weighted by Gasteiger charge is 2.39. The van der Waals surface area contributed by atoms with Gasteiger partial charge in [-0.2, -0.15) is 0 Å². The number of anilines is 2. The molecule has 11 nitrogen and oxygen atoms in total. The van der Waals surface area contributed by atoms with Crippen molar-refractivity contribution < 1.29 is 33.4 Å². The van der Waals surface area contributed by atoms with Gasteiger partial charge in [0.1, 0.15) is 11.5 Å². The van der Waals surface area contributed by atoms with Crippen molar-refractivity contribution in [3.63, 3.8) is 0 Å². The van der Waals surface area contributed by atoms with Gasteiger partial charge < -0.3 is 9.47 Å². The predicted octanol–water partition coefficient (Wildman–Crippen LogP) is 4.24. The lowest BCUT2D eigenvalue weighted by Gasteiger charge is -2.13. The van der Waals surface area contributed by atoms with Crippen molar-refractivity contribution in [2.75, 3.05) is 9.80 Å². The summed E-state index contributed by atoms with van der Waals surface area (Å²) in [5.41, 5.74) is 1.04. The Labute approximate surface area is 236 Å². The summed E-state index contributed by atoms with van der Waals surface area (Å²) in [5, 5.41) is 17.3. The summed E-state index contributed by atoms with van der Waals surface area (Å²) in [6.45, 7) is 0. The van der Waals surface area contributed by atoms with Gasteiger partial charge in [-0.25, -0.2) is 9.80 Å². The third-order valence-electron chi connectivity index (χ3n) is 6.81. The van der Waals surface area contributed by atoms with Crippen LogP contribution in [0.1, 0.15) is 57.4 Å². The molecular weight excluding hydrogens is 540 g/mol. The zero-order valence-electron chi connectivity index (χ0n) is 21.2. The SMILES string of the molecule is N#COc1ccc(N2C(=O)c3ccc(C(=O)c4ccc5c(c4)C(=O)N(c4ccc(OC#N)cc4)C5=O)cc3C2=O)cc1. The van der Waals surface area contributed by atoms with Crippen LogP contribution in [0.5, 0.6) is 11.5 Å². The number of ether oxygens (including phenoxy) is 2. The number of benzene rings is 4. The number of carbonyl (C=O) groups excluding carboxylic acids is 5. The zero-order chi connectivity index (χ0) is 29.5. The number of ketones is 1. The Kier molecular flexibility index (Phi) is 6.03. The fourth-order valence-corrected chi connectivity index (χ4v) is 4.83. The normalized spacial score (nSPS) is 13.4. The molecule has 200 valence electrons. The molecule has 0 saturated heterocycles. The van der Waals surface area contributed by atoms with Crippen molar-refractivity contribution in [1.82, 2.24) is 0 Å². The number of hydrogen-bond acceptors (Lipinski definition) is 9. The van der Waals surface area contributed by atoms with E-state index in [0.717, 1.165) is 9.80 Å². The maximum atomic E-state index is 13.4. The standard InChI is InChI=1S/C31H14N4O7/c32-15-41-21-7-3-19(4-8-21)34-28(37)23-11-1-17(13-25(23)30(34)39)27(36)18-2-12-24-26(14-18)31(40)35(29(24)38)20-5-9-22(10-6-20)42-16-33/h1-14H. The Hall–Kier alpha value is -6.59. The minimum atomic E-state index is -0.629. The highest BCUT2D eigenvalue weighted by Crippen LogP contribution is 2.33. The number of rotatable bonds is 6. The number of amides is 4. The van der Waals surface area contributed by atoms with E-state index in [1.807, 2.05) is 0 Å². The van der Waals surface area contributed by atoms with Crippen LogP contribution in [0, 0.1) is 23.0 Å². The first-order valence-corrected chi connectivity index (χ1v) is 12.2. The van der Waals surface area contributed by atoms with Crippen molar-refractivity contribution in [3.8, 4) is 24.0 Å². The van der Waals surface area contributed by atoms with Crippen molar-refractivity contribution in [2.45, 2.75) is 0 Å². The van der Waals surface area contributed by atoms with Crippen molar-refractivity contribution in [3.05, 3.63) is 118 Å². The van der Waals surface area contributed by atoms with Crippen molar-refractivity contribution in [2.24, 2.45) is 0 Å². The lowest BCUT2D eigenvalue weighted by Crippen LogP contribution is -2.29. The van der Waals surface area contributed by atoms with E-state index in [1.165, 1.54) is 97.4 Å². The van der Waals surface area contributed by atoms with Crippen LogP contribution in [0.2, 0.25) is 0 Å². The predicted molar refractivity (Wildman–Crippen MR) is 144 cm³/mol. The monoisotopic (exact) mass is 554 g/mol. The molecule has 0 aromatic heterocycles. The molecule has 2 heterocycles. The third-order valence-corrected chi connectivity index (χ3v) is 6.81. The number of carbonyl (C=O) groups is 5. The van der Waals surface area contributed by atoms with Gasteiger partial charge in [-0.05, 0) is 72.8 Å². The highest BCUT2D eigenvalue weighted by atomic mass is 16.5. The molecule has 0 spiro atoms. The van der Waals surface area contributed by atoms with Crippen LogP contribution in [-0.2, 0) is 0 Å². The lowest BCUT2D eigenvalue weighted by atomic mass is 9.96. The van der Waals surface area contributed by atoms with Gasteiger partial charge in [-0.1, -0.05) is 12.1 Å². The summed E-state index contributed by atoms with van der Waals surface area (Å²) < 4.78 is 9.45. The first kappa shape index (κ1) is 25.7. The summed E-state index contributed by atoms with van der Waals surface area (Å²) in [4.78, 5) is 67.7. The van der Waals surface area contributed by atoms with E-state index in [4.69, 9.17) is 20.0 Å². The molecule has 2 aliphatic heterocycles. The number of fused-ring (bicyclic) bond motifs is 2. The van der Waals surface area contributed by atoms with E-state index in [2.05, 4.69) is 0 Å². The Morgan fingerprint density at radius 2 is 0.881 bits per heavy atom. The Morgan fingerprint density at radius 1 is 0.524 bits per heavy atom. The fraction of sp³-hybridized carbons (Fsp3) is 0. The second kappa shape index (κ2) is 9.86.